The van der Waals surface area contributed by atoms with Crippen LogP contribution < -0.4 is 10.1 Å². The minimum Gasteiger partial charge on any atom is -0.496 e. The number of carbonyl (C=O) groups is 1. The molecule has 0 radical (unpaired) electrons. The Labute approximate surface area is 161 Å². The monoisotopic (exact) mass is 364 g/mol. The minimum absolute atomic E-state index is 0.0289. The second-order valence-corrected chi connectivity index (χ2v) is 7.54. The van der Waals surface area contributed by atoms with E-state index in [1.165, 1.54) is 17.5 Å². The molecule has 1 N–H and O–H groups in total. The fourth-order valence-corrected chi connectivity index (χ4v) is 4.62. The molecule has 2 aromatic carbocycles. The smallest absolute Gasteiger partial charge is 0.223 e. The predicted octanol–water partition coefficient (Wildman–Crippen LogP) is 3.68. The average Bonchev–Trinajstić information content (AvgIpc) is 2.74. The van der Waals surface area contributed by atoms with Gasteiger partial charge >= 0.3 is 0 Å². The van der Waals surface area contributed by atoms with Gasteiger partial charge in [-0.2, -0.15) is 0 Å². The van der Waals surface area contributed by atoms with Crippen molar-refractivity contribution in [1.29, 1.82) is 0 Å². The first-order chi connectivity index (χ1) is 13.3. The maximum Gasteiger partial charge on any atom is 0.223 e. The molecule has 0 saturated carbocycles. The van der Waals surface area contributed by atoms with Crippen LogP contribution in [0.2, 0.25) is 0 Å². The zero-order chi connectivity index (χ0) is 18.6. The second-order valence-electron chi connectivity index (χ2n) is 7.54. The number of aryl methyl sites for hydroxylation is 1. The highest BCUT2D eigenvalue weighted by Gasteiger charge is 2.32. The largest absolute Gasteiger partial charge is 0.496 e. The van der Waals surface area contributed by atoms with E-state index in [2.05, 4.69) is 40.5 Å². The molecule has 2 aromatic rings. The van der Waals surface area contributed by atoms with Gasteiger partial charge in [-0.3, -0.25) is 4.79 Å². The van der Waals surface area contributed by atoms with Gasteiger partial charge in [-0.05, 0) is 42.4 Å². The van der Waals surface area contributed by atoms with Crippen LogP contribution >= 0.6 is 0 Å². The van der Waals surface area contributed by atoms with Crippen LogP contribution in [0.3, 0.4) is 0 Å². The molecule has 2 aliphatic rings. The lowest BCUT2D eigenvalue weighted by Gasteiger charge is -2.38. The molecule has 142 valence electrons. The predicted molar refractivity (Wildman–Crippen MR) is 107 cm³/mol. The Kier molecular flexibility index (Phi) is 5.44. The van der Waals surface area contributed by atoms with Crippen molar-refractivity contribution >= 4 is 5.91 Å². The average molecular weight is 364 g/mol. The van der Waals surface area contributed by atoms with Gasteiger partial charge in [0.2, 0.25) is 5.91 Å². The van der Waals surface area contributed by atoms with E-state index in [1.807, 2.05) is 18.2 Å². The highest BCUT2D eigenvalue weighted by Crippen LogP contribution is 2.36. The Morgan fingerprint density at radius 2 is 1.93 bits per heavy atom. The van der Waals surface area contributed by atoms with Crippen molar-refractivity contribution in [2.24, 2.45) is 0 Å². The summed E-state index contributed by atoms with van der Waals surface area (Å²) in [5.41, 5.74) is 3.88. The van der Waals surface area contributed by atoms with Crippen LogP contribution in [0.4, 0.5) is 0 Å². The summed E-state index contributed by atoms with van der Waals surface area (Å²) in [6.07, 6.45) is 4.02. The first-order valence-corrected chi connectivity index (χ1v) is 9.99. The Balaban J connectivity index is 1.55. The van der Waals surface area contributed by atoms with Crippen LogP contribution in [0, 0.1) is 0 Å². The highest BCUT2D eigenvalue weighted by atomic mass is 16.5. The Hall–Kier alpha value is -2.33. The Morgan fingerprint density at radius 1 is 1.15 bits per heavy atom. The van der Waals surface area contributed by atoms with E-state index in [4.69, 9.17) is 4.74 Å². The van der Waals surface area contributed by atoms with Crippen LogP contribution in [0.15, 0.2) is 48.5 Å². The number of carbonyl (C=O) groups excluding carboxylic acids is 1. The number of methoxy groups -OCH3 is 1. The number of para-hydroxylation sites is 1. The van der Waals surface area contributed by atoms with Crippen molar-refractivity contribution in [2.75, 3.05) is 26.7 Å². The molecular formula is C23H28N2O2. The van der Waals surface area contributed by atoms with Crippen molar-refractivity contribution in [3.8, 4) is 5.75 Å². The number of nitrogens with one attached hydrogen (secondary N) is 1. The lowest BCUT2D eigenvalue weighted by molar-refractivity contribution is -0.135. The lowest BCUT2D eigenvalue weighted by atomic mass is 9.80. The van der Waals surface area contributed by atoms with E-state index in [9.17, 15) is 4.79 Å². The quantitative estimate of drug-likeness (QED) is 0.900. The van der Waals surface area contributed by atoms with Crippen molar-refractivity contribution < 1.29 is 9.53 Å². The Morgan fingerprint density at radius 3 is 2.78 bits per heavy atom. The molecule has 2 unspecified atom stereocenters. The van der Waals surface area contributed by atoms with Crippen LogP contribution in [0.1, 0.15) is 47.9 Å². The molecule has 4 nitrogen and oxygen atoms in total. The first-order valence-electron chi connectivity index (χ1n) is 9.99. The topological polar surface area (TPSA) is 41.6 Å². The number of amides is 1. The fraction of sp³-hybridized carbons (Fsp3) is 0.435. The van der Waals surface area contributed by atoms with E-state index in [1.54, 1.807) is 7.11 Å². The summed E-state index contributed by atoms with van der Waals surface area (Å²) in [5, 5.41) is 3.44. The number of nitrogens with zero attached hydrogens (tertiary/aromatic N) is 1. The van der Waals surface area contributed by atoms with Gasteiger partial charge in [-0.15, -0.1) is 0 Å². The van der Waals surface area contributed by atoms with Gasteiger partial charge in [-0.1, -0.05) is 42.5 Å². The summed E-state index contributed by atoms with van der Waals surface area (Å²) >= 11 is 0. The summed E-state index contributed by atoms with van der Waals surface area (Å²) < 4.78 is 5.56. The molecule has 1 amide bonds. The molecule has 2 atom stereocenters. The summed E-state index contributed by atoms with van der Waals surface area (Å²) in [5.74, 6) is 1.46. The van der Waals surface area contributed by atoms with E-state index in [-0.39, 0.29) is 11.9 Å². The molecule has 1 fully saturated rings. The first kappa shape index (κ1) is 18.1. The maximum absolute atomic E-state index is 13.3. The number of ether oxygens (including phenoxy) is 1. The van der Waals surface area contributed by atoms with Gasteiger partial charge < -0.3 is 15.0 Å². The van der Waals surface area contributed by atoms with E-state index in [0.29, 0.717) is 12.3 Å². The molecule has 1 aliphatic carbocycles. The SMILES string of the molecule is COc1ccccc1C1CNCCN1C(=O)CC1CCCc2ccccc21. The number of piperazine rings is 1. The second kappa shape index (κ2) is 8.13. The van der Waals surface area contributed by atoms with Crippen molar-refractivity contribution in [3.05, 3.63) is 65.2 Å². The molecule has 0 bridgehead atoms. The van der Waals surface area contributed by atoms with Crippen LogP contribution in [-0.2, 0) is 11.2 Å². The van der Waals surface area contributed by atoms with Gasteiger partial charge in [0.1, 0.15) is 5.75 Å². The molecule has 1 saturated heterocycles. The van der Waals surface area contributed by atoms with Gasteiger partial charge in [0.15, 0.2) is 0 Å². The number of hydrogen-bond acceptors (Lipinski definition) is 3. The number of rotatable bonds is 4. The summed E-state index contributed by atoms with van der Waals surface area (Å²) in [7, 11) is 1.69. The molecule has 1 aliphatic heterocycles. The van der Waals surface area contributed by atoms with E-state index < -0.39 is 0 Å². The maximum atomic E-state index is 13.3. The lowest BCUT2D eigenvalue weighted by Crippen LogP contribution is -2.49. The number of hydrogen-bond donors (Lipinski definition) is 1. The summed E-state index contributed by atoms with van der Waals surface area (Å²) in [6, 6.07) is 16.7. The van der Waals surface area contributed by atoms with Crippen LogP contribution in [0.25, 0.3) is 0 Å². The summed E-state index contributed by atoms with van der Waals surface area (Å²) in [6.45, 7) is 2.36. The van der Waals surface area contributed by atoms with Crippen molar-refractivity contribution in [2.45, 2.75) is 37.6 Å². The third-order valence-corrected chi connectivity index (χ3v) is 5.98. The third-order valence-electron chi connectivity index (χ3n) is 5.98. The number of benzene rings is 2. The fourth-order valence-electron chi connectivity index (χ4n) is 4.62. The molecule has 0 spiro atoms. The molecule has 1 heterocycles. The van der Waals surface area contributed by atoms with Crippen LogP contribution in [-0.4, -0.2) is 37.6 Å². The molecular weight excluding hydrogens is 336 g/mol. The zero-order valence-corrected chi connectivity index (χ0v) is 16.0. The molecule has 4 rings (SSSR count). The Bertz CT molecular complexity index is 804. The molecule has 27 heavy (non-hydrogen) atoms. The van der Waals surface area contributed by atoms with Crippen molar-refractivity contribution in [3.63, 3.8) is 0 Å². The zero-order valence-electron chi connectivity index (χ0n) is 16.0. The summed E-state index contributed by atoms with van der Waals surface area (Å²) in [4.78, 5) is 15.4. The van der Waals surface area contributed by atoms with Gasteiger partial charge in [0.05, 0.1) is 13.2 Å². The highest BCUT2D eigenvalue weighted by molar-refractivity contribution is 5.78. The minimum atomic E-state index is 0.0289. The van der Waals surface area contributed by atoms with Gasteiger partial charge in [-0.25, -0.2) is 0 Å². The standard InChI is InChI=1S/C23H28N2O2/c1-27-22-12-5-4-11-20(22)21-16-24-13-14-25(21)23(26)15-18-9-6-8-17-7-2-3-10-19(17)18/h2-5,7,10-12,18,21,24H,6,8-9,13-16H2,1H3. The third kappa shape index (κ3) is 3.72. The van der Waals surface area contributed by atoms with Crippen LogP contribution in [0.5, 0.6) is 5.75 Å². The molecule has 0 aromatic heterocycles. The normalized spacial score (nSPS) is 22.2. The van der Waals surface area contributed by atoms with E-state index in [0.717, 1.165) is 43.8 Å². The van der Waals surface area contributed by atoms with Crippen molar-refractivity contribution in [1.82, 2.24) is 10.2 Å². The van der Waals surface area contributed by atoms with Gasteiger partial charge in [0.25, 0.3) is 0 Å². The van der Waals surface area contributed by atoms with E-state index >= 15 is 0 Å². The molecule has 4 heteroatoms. The van der Waals surface area contributed by atoms with Gasteiger partial charge in [0, 0.05) is 31.6 Å². The number of fused-ring (bicyclic) bond motifs is 1.